The van der Waals surface area contributed by atoms with Gasteiger partial charge in [-0.2, -0.15) is 0 Å². The van der Waals surface area contributed by atoms with Crippen molar-refractivity contribution in [1.29, 1.82) is 0 Å². The second-order valence-electron chi connectivity index (χ2n) is 4.61. The summed E-state index contributed by atoms with van der Waals surface area (Å²) < 4.78 is 5.46. The number of carbonyl (C=O) groups excluding carboxylic acids is 1. The molecule has 4 heteroatoms. The predicted molar refractivity (Wildman–Crippen MR) is 65.2 cm³/mol. The molecular formula is C13H18N2O2. The summed E-state index contributed by atoms with van der Waals surface area (Å²) in [4.78, 5) is 11.5. The minimum Gasteiger partial charge on any atom is -0.466 e. The molecule has 17 heavy (non-hydrogen) atoms. The summed E-state index contributed by atoms with van der Waals surface area (Å²) in [5.74, 6) is 1.84. The van der Waals surface area contributed by atoms with E-state index < -0.39 is 0 Å². The number of ketones is 1. The van der Waals surface area contributed by atoms with Gasteiger partial charge >= 0.3 is 0 Å². The van der Waals surface area contributed by atoms with Crippen molar-refractivity contribution in [1.82, 2.24) is 0 Å². The van der Waals surface area contributed by atoms with Crippen LogP contribution in [-0.4, -0.2) is 5.78 Å². The molecule has 1 unspecified atom stereocenters. The highest BCUT2D eigenvalue weighted by molar-refractivity contribution is 5.83. The van der Waals surface area contributed by atoms with E-state index in [1.165, 1.54) is 0 Å². The minimum atomic E-state index is -0.323. The lowest BCUT2D eigenvalue weighted by atomic mass is 9.88. The lowest BCUT2D eigenvalue weighted by Gasteiger charge is -2.22. The number of furan rings is 1. The summed E-state index contributed by atoms with van der Waals surface area (Å²) in [5, 5.41) is 0. The molecule has 0 bridgehead atoms. The highest BCUT2D eigenvalue weighted by atomic mass is 16.3. The normalized spacial score (nSPS) is 18.6. The number of Topliss-reactive ketones (excluding diaryl/α,β-unsaturated/α-hetero) is 1. The zero-order valence-corrected chi connectivity index (χ0v) is 10.2. The van der Waals surface area contributed by atoms with Gasteiger partial charge in [0.15, 0.2) is 0 Å². The summed E-state index contributed by atoms with van der Waals surface area (Å²) in [6, 6.07) is 1.59. The van der Waals surface area contributed by atoms with Crippen LogP contribution >= 0.6 is 0 Å². The molecule has 1 aromatic heterocycles. The fraction of sp³-hybridized carbons (Fsp3) is 0.462. The van der Waals surface area contributed by atoms with Crippen LogP contribution in [0.3, 0.4) is 0 Å². The van der Waals surface area contributed by atoms with E-state index >= 15 is 0 Å². The number of rotatable bonds is 2. The van der Waals surface area contributed by atoms with Gasteiger partial charge in [0, 0.05) is 24.1 Å². The van der Waals surface area contributed by atoms with Crippen molar-refractivity contribution in [3.8, 4) is 0 Å². The fourth-order valence-electron chi connectivity index (χ4n) is 2.31. The molecule has 0 radical (unpaired) electrons. The smallest absolute Gasteiger partial charge is 0.137 e. The van der Waals surface area contributed by atoms with Crippen LogP contribution in [0.5, 0.6) is 0 Å². The van der Waals surface area contributed by atoms with Crippen molar-refractivity contribution in [2.75, 3.05) is 0 Å². The molecule has 2 rings (SSSR count). The number of allylic oxidation sites excluding steroid dienone is 1. The first-order chi connectivity index (χ1) is 7.99. The van der Waals surface area contributed by atoms with Gasteiger partial charge in [0.05, 0.1) is 6.04 Å². The molecular weight excluding hydrogens is 216 g/mol. The second kappa shape index (κ2) is 4.37. The number of hydrogen-bond donors (Lipinski definition) is 2. The van der Waals surface area contributed by atoms with Gasteiger partial charge in [-0.25, -0.2) is 0 Å². The van der Waals surface area contributed by atoms with Crippen molar-refractivity contribution in [2.45, 2.75) is 39.2 Å². The maximum Gasteiger partial charge on any atom is 0.137 e. The second-order valence-corrected chi connectivity index (χ2v) is 4.61. The minimum absolute atomic E-state index is 0.211. The van der Waals surface area contributed by atoms with Crippen LogP contribution in [0.2, 0.25) is 0 Å². The first-order valence-electron chi connectivity index (χ1n) is 5.80. The summed E-state index contributed by atoms with van der Waals surface area (Å²) >= 11 is 0. The van der Waals surface area contributed by atoms with Crippen molar-refractivity contribution in [2.24, 2.45) is 11.5 Å². The Morgan fingerprint density at radius 2 is 2.06 bits per heavy atom. The Kier molecular flexibility index (Phi) is 3.07. The molecule has 4 N–H and O–H groups in total. The molecule has 1 aromatic rings. The molecule has 0 aromatic carbocycles. The number of aryl methyl sites for hydroxylation is 2. The van der Waals surface area contributed by atoms with Crippen LogP contribution in [-0.2, 0) is 4.79 Å². The number of hydrogen-bond acceptors (Lipinski definition) is 4. The first kappa shape index (κ1) is 11.9. The van der Waals surface area contributed by atoms with E-state index in [9.17, 15) is 4.79 Å². The van der Waals surface area contributed by atoms with Gasteiger partial charge in [0.2, 0.25) is 0 Å². The Bertz CT molecular complexity index is 486. The first-order valence-corrected chi connectivity index (χ1v) is 5.80. The SMILES string of the molecule is Cc1cc(C(N)C2=C(N)CCC(=O)C2)c(C)o1. The van der Waals surface area contributed by atoms with E-state index in [2.05, 4.69) is 0 Å². The average molecular weight is 234 g/mol. The van der Waals surface area contributed by atoms with Gasteiger partial charge in [0.25, 0.3) is 0 Å². The maximum atomic E-state index is 11.5. The molecule has 4 nitrogen and oxygen atoms in total. The largest absolute Gasteiger partial charge is 0.466 e. The third-order valence-corrected chi connectivity index (χ3v) is 3.26. The third kappa shape index (κ3) is 2.26. The van der Waals surface area contributed by atoms with Crippen LogP contribution in [0.25, 0.3) is 0 Å². The molecule has 1 atom stereocenters. The summed E-state index contributed by atoms with van der Waals surface area (Å²) in [6.45, 7) is 3.76. The highest BCUT2D eigenvalue weighted by Crippen LogP contribution is 2.31. The molecule has 0 saturated heterocycles. The van der Waals surface area contributed by atoms with Crippen LogP contribution in [0.15, 0.2) is 21.8 Å². The number of nitrogens with two attached hydrogens (primary N) is 2. The zero-order chi connectivity index (χ0) is 12.6. The average Bonchev–Trinajstić information content (AvgIpc) is 2.60. The molecule has 0 spiro atoms. The lowest BCUT2D eigenvalue weighted by molar-refractivity contribution is -0.118. The topological polar surface area (TPSA) is 82.2 Å². The fourth-order valence-corrected chi connectivity index (χ4v) is 2.31. The van der Waals surface area contributed by atoms with Gasteiger partial charge in [-0.3, -0.25) is 4.79 Å². The Balaban J connectivity index is 2.34. The van der Waals surface area contributed by atoms with Crippen LogP contribution in [0.1, 0.15) is 42.4 Å². The molecule has 1 aliphatic carbocycles. The lowest BCUT2D eigenvalue weighted by Crippen LogP contribution is -2.23. The summed E-state index contributed by atoms with van der Waals surface area (Å²) in [6.07, 6.45) is 1.53. The monoisotopic (exact) mass is 234 g/mol. The van der Waals surface area contributed by atoms with Gasteiger partial charge in [-0.1, -0.05) is 0 Å². The van der Waals surface area contributed by atoms with E-state index in [-0.39, 0.29) is 11.8 Å². The van der Waals surface area contributed by atoms with E-state index in [1.807, 2.05) is 19.9 Å². The molecule has 0 aliphatic heterocycles. The predicted octanol–water partition coefficient (Wildman–Crippen LogP) is 1.86. The van der Waals surface area contributed by atoms with Crippen LogP contribution in [0, 0.1) is 13.8 Å². The van der Waals surface area contributed by atoms with Gasteiger partial charge in [-0.15, -0.1) is 0 Å². The van der Waals surface area contributed by atoms with Crippen molar-refractivity contribution in [3.63, 3.8) is 0 Å². The molecule has 0 saturated carbocycles. The Labute approximate surface area is 101 Å². The quantitative estimate of drug-likeness (QED) is 0.818. The molecule has 0 amide bonds. The van der Waals surface area contributed by atoms with Crippen LogP contribution < -0.4 is 11.5 Å². The maximum absolute atomic E-state index is 11.5. The van der Waals surface area contributed by atoms with Crippen molar-refractivity contribution in [3.05, 3.63) is 34.4 Å². The highest BCUT2D eigenvalue weighted by Gasteiger charge is 2.24. The van der Waals surface area contributed by atoms with Gasteiger partial charge in [0.1, 0.15) is 17.3 Å². The summed E-state index contributed by atoms with van der Waals surface area (Å²) in [7, 11) is 0. The Morgan fingerprint density at radius 3 is 2.65 bits per heavy atom. The Morgan fingerprint density at radius 1 is 1.35 bits per heavy atom. The van der Waals surface area contributed by atoms with E-state index in [0.29, 0.717) is 19.3 Å². The van der Waals surface area contributed by atoms with E-state index in [0.717, 1.165) is 28.4 Å². The van der Waals surface area contributed by atoms with Crippen molar-refractivity contribution < 1.29 is 9.21 Å². The van der Waals surface area contributed by atoms with E-state index in [1.54, 1.807) is 0 Å². The standard InChI is InChI=1S/C13H18N2O2/c1-7-5-10(8(2)17-7)13(15)11-6-9(16)3-4-12(11)14/h5,13H,3-4,6,14-15H2,1-2H3. The van der Waals surface area contributed by atoms with Crippen LogP contribution in [0.4, 0.5) is 0 Å². The van der Waals surface area contributed by atoms with Gasteiger partial charge in [-0.05, 0) is 31.9 Å². The molecule has 92 valence electrons. The molecule has 1 heterocycles. The van der Waals surface area contributed by atoms with E-state index in [4.69, 9.17) is 15.9 Å². The number of carbonyl (C=O) groups is 1. The molecule has 1 aliphatic rings. The summed E-state index contributed by atoms with van der Waals surface area (Å²) in [5.41, 5.74) is 14.7. The molecule has 0 fully saturated rings. The zero-order valence-electron chi connectivity index (χ0n) is 10.2. The Hall–Kier alpha value is -1.55. The van der Waals surface area contributed by atoms with Crippen molar-refractivity contribution >= 4 is 5.78 Å². The third-order valence-electron chi connectivity index (χ3n) is 3.26. The van der Waals surface area contributed by atoms with Gasteiger partial charge < -0.3 is 15.9 Å².